The predicted molar refractivity (Wildman–Crippen MR) is 117 cm³/mol. The van der Waals surface area contributed by atoms with Gasteiger partial charge < -0.3 is 10.2 Å². The Morgan fingerprint density at radius 3 is 2.47 bits per heavy atom. The fraction of sp³-hybridized carbons (Fsp3) is 0.909. The maximum absolute atomic E-state index is 13.3. The molecule has 1 N–H and O–H groups in total. The Hall–Kier alpha value is -1.15. The van der Waals surface area contributed by atoms with Gasteiger partial charge in [0.15, 0.2) is 0 Å². The molecular weight excluding hydrogens is 402 g/mol. The first-order valence-electron chi connectivity index (χ1n) is 11.6. The number of sulfonamides is 1. The number of carbonyl (C=O) groups is 2. The molecule has 3 rings (SSSR count). The molecule has 3 fully saturated rings. The average Bonchev–Trinajstić information content (AvgIpc) is 2.65. The molecule has 0 radical (unpaired) electrons. The lowest BCUT2D eigenvalue weighted by Gasteiger charge is -2.50. The Morgan fingerprint density at radius 1 is 1.07 bits per heavy atom. The van der Waals surface area contributed by atoms with E-state index in [1.165, 1.54) is 6.26 Å². The standard InChI is InChI=1S/C22H39N3O4S/c1-15(2)19-9-8-16(3)10-22(27)25-13-17-11-18(14-24(12-17)30(4,28)29)20(25)6-5-7-21(26)23-19/h15-20H,5-14H2,1-4H3,(H,23,26)/t16-,17+,18+,19+,20+/m1/s1. The second kappa shape index (κ2) is 9.55. The number of nitrogens with zero attached hydrogens (tertiary/aromatic N) is 2. The smallest absolute Gasteiger partial charge is 0.223 e. The first-order chi connectivity index (χ1) is 14.0. The number of carbonyl (C=O) groups excluding carboxylic acids is 2. The minimum absolute atomic E-state index is 0.0277. The summed E-state index contributed by atoms with van der Waals surface area (Å²) >= 11 is 0. The molecule has 3 aliphatic heterocycles. The zero-order chi connectivity index (χ0) is 22.1. The number of hydrogen-bond donors (Lipinski definition) is 1. The topological polar surface area (TPSA) is 86.8 Å². The van der Waals surface area contributed by atoms with Crippen molar-refractivity contribution in [3.05, 3.63) is 0 Å². The van der Waals surface area contributed by atoms with Gasteiger partial charge in [0, 0.05) is 44.6 Å². The fourth-order valence-corrected chi connectivity index (χ4v) is 6.48. The largest absolute Gasteiger partial charge is 0.353 e. The number of piperidine rings is 2. The number of amides is 2. The molecule has 3 saturated heterocycles. The zero-order valence-electron chi connectivity index (χ0n) is 19.0. The molecule has 0 unspecified atom stereocenters. The van der Waals surface area contributed by atoms with E-state index >= 15 is 0 Å². The van der Waals surface area contributed by atoms with Crippen LogP contribution in [0.4, 0.5) is 0 Å². The van der Waals surface area contributed by atoms with E-state index in [0.717, 1.165) is 32.1 Å². The molecule has 172 valence electrons. The quantitative estimate of drug-likeness (QED) is 0.712. The summed E-state index contributed by atoms with van der Waals surface area (Å²) in [7, 11) is -3.23. The molecular formula is C22H39N3O4S. The summed E-state index contributed by atoms with van der Waals surface area (Å²) in [6.07, 6.45) is 6.54. The Morgan fingerprint density at radius 2 is 1.80 bits per heavy atom. The van der Waals surface area contributed by atoms with Crippen molar-refractivity contribution in [1.29, 1.82) is 0 Å². The van der Waals surface area contributed by atoms with E-state index in [1.807, 2.05) is 4.90 Å². The summed E-state index contributed by atoms with van der Waals surface area (Å²) in [6.45, 7) is 8.03. The maximum atomic E-state index is 13.3. The Labute approximate surface area is 182 Å². The van der Waals surface area contributed by atoms with Gasteiger partial charge in [0.25, 0.3) is 0 Å². The molecule has 0 aromatic carbocycles. The van der Waals surface area contributed by atoms with Crippen LogP contribution in [-0.2, 0) is 19.6 Å². The lowest BCUT2D eigenvalue weighted by Crippen LogP contribution is -2.60. The number of nitrogens with one attached hydrogen (secondary N) is 1. The summed E-state index contributed by atoms with van der Waals surface area (Å²) in [4.78, 5) is 27.8. The van der Waals surface area contributed by atoms with Crippen molar-refractivity contribution in [2.45, 2.75) is 77.8 Å². The van der Waals surface area contributed by atoms with Crippen molar-refractivity contribution in [3.63, 3.8) is 0 Å². The molecule has 30 heavy (non-hydrogen) atoms. The van der Waals surface area contributed by atoms with Crippen LogP contribution < -0.4 is 5.32 Å². The SMILES string of the molecule is CC(C)[C@@H]1CC[C@@H](C)CC(=O)N2C[C@H]3C[C@@H](CN(S(C)(=O)=O)C3)[C@@H]2CCCC(=O)N1. The summed E-state index contributed by atoms with van der Waals surface area (Å²) in [5, 5.41) is 3.20. The maximum Gasteiger partial charge on any atom is 0.223 e. The minimum Gasteiger partial charge on any atom is -0.353 e. The minimum atomic E-state index is -3.23. The molecule has 0 aromatic rings. The third-order valence-corrected chi connectivity index (χ3v) is 8.51. The molecule has 0 saturated carbocycles. The summed E-state index contributed by atoms with van der Waals surface area (Å²) in [6, 6.07) is 0.181. The van der Waals surface area contributed by atoms with Gasteiger partial charge in [-0.25, -0.2) is 12.7 Å². The second-order valence-corrected chi connectivity index (χ2v) is 12.2. The van der Waals surface area contributed by atoms with E-state index < -0.39 is 10.0 Å². The van der Waals surface area contributed by atoms with Crippen molar-refractivity contribution in [2.24, 2.45) is 23.7 Å². The molecule has 2 amide bonds. The van der Waals surface area contributed by atoms with Gasteiger partial charge in [-0.1, -0.05) is 20.8 Å². The molecule has 3 heterocycles. The van der Waals surface area contributed by atoms with Crippen molar-refractivity contribution in [2.75, 3.05) is 25.9 Å². The third kappa shape index (κ3) is 5.75. The van der Waals surface area contributed by atoms with E-state index in [2.05, 4.69) is 26.1 Å². The van der Waals surface area contributed by atoms with Gasteiger partial charge in [-0.3, -0.25) is 9.59 Å². The molecule has 0 aliphatic carbocycles. The predicted octanol–water partition coefficient (Wildman–Crippen LogP) is 2.23. The van der Waals surface area contributed by atoms with E-state index in [4.69, 9.17) is 0 Å². The van der Waals surface area contributed by atoms with Gasteiger partial charge in [0.05, 0.1) is 6.26 Å². The van der Waals surface area contributed by atoms with Gasteiger partial charge in [-0.05, 0) is 55.8 Å². The highest BCUT2D eigenvalue weighted by molar-refractivity contribution is 7.88. The first kappa shape index (κ1) is 23.5. The summed E-state index contributed by atoms with van der Waals surface area (Å²) < 4.78 is 25.9. The van der Waals surface area contributed by atoms with E-state index in [-0.39, 0.29) is 41.7 Å². The van der Waals surface area contributed by atoms with Crippen LogP contribution in [0.1, 0.15) is 65.7 Å². The highest BCUT2D eigenvalue weighted by Gasteiger charge is 2.44. The normalized spacial score (nSPS) is 35.1. The molecule has 7 nitrogen and oxygen atoms in total. The van der Waals surface area contributed by atoms with Gasteiger partial charge in [-0.15, -0.1) is 0 Å². The van der Waals surface area contributed by atoms with E-state index in [1.54, 1.807) is 4.31 Å². The number of fused-ring (bicyclic) bond motifs is 4. The van der Waals surface area contributed by atoms with Crippen molar-refractivity contribution in [3.8, 4) is 0 Å². The van der Waals surface area contributed by atoms with Gasteiger partial charge in [-0.2, -0.15) is 0 Å². The van der Waals surface area contributed by atoms with Crippen LogP contribution in [0.15, 0.2) is 0 Å². The van der Waals surface area contributed by atoms with Crippen LogP contribution >= 0.6 is 0 Å². The zero-order valence-corrected chi connectivity index (χ0v) is 19.8. The fourth-order valence-electron chi connectivity index (χ4n) is 5.53. The lowest BCUT2D eigenvalue weighted by atomic mass is 9.78. The van der Waals surface area contributed by atoms with E-state index in [9.17, 15) is 18.0 Å². The van der Waals surface area contributed by atoms with Crippen LogP contribution in [0.3, 0.4) is 0 Å². The van der Waals surface area contributed by atoms with Crippen LogP contribution in [0, 0.1) is 23.7 Å². The molecule has 3 aliphatic rings. The van der Waals surface area contributed by atoms with Crippen LogP contribution in [0.5, 0.6) is 0 Å². The van der Waals surface area contributed by atoms with Crippen LogP contribution in [0.2, 0.25) is 0 Å². The van der Waals surface area contributed by atoms with E-state index in [0.29, 0.717) is 38.4 Å². The van der Waals surface area contributed by atoms with Gasteiger partial charge >= 0.3 is 0 Å². The molecule has 5 atom stereocenters. The molecule has 8 heteroatoms. The summed E-state index contributed by atoms with van der Waals surface area (Å²) in [5.74, 6) is 1.30. The monoisotopic (exact) mass is 441 g/mol. The van der Waals surface area contributed by atoms with Crippen LogP contribution in [-0.4, -0.2) is 67.4 Å². The Kier molecular flexibility index (Phi) is 7.49. The average molecular weight is 442 g/mol. The Bertz CT molecular complexity index is 739. The van der Waals surface area contributed by atoms with Crippen molar-refractivity contribution in [1.82, 2.24) is 14.5 Å². The van der Waals surface area contributed by atoms with Crippen LogP contribution in [0.25, 0.3) is 0 Å². The highest BCUT2D eigenvalue weighted by atomic mass is 32.2. The van der Waals surface area contributed by atoms with Gasteiger partial charge in [0.1, 0.15) is 0 Å². The van der Waals surface area contributed by atoms with Gasteiger partial charge in [0.2, 0.25) is 21.8 Å². The second-order valence-electron chi connectivity index (χ2n) is 10.3. The van der Waals surface area contributed by atoms with Crippen molar-refractivity contribution < 1.29 is 18.0 Å². The molecule has 0 aromatic heterocycles. The van der Waals surface area contributed by atoms with Crippen molar-refractivity contribution >= 4 is 21.8 Å². The highest BCUT2D eigenvalue weighted by Crippen LogP contribution is 2.37. The molecule has 2 bridgehead atoms. The number of rotatable bonds is 2. The first-order valence-corrected chi connectivity index (χ1v) is 13.4. The third-order valence-electron chi connectivity index (χ3n) is 7.27. The summed E-state index contributed by atoms with van der Waals surface area (Å²) in [5.41, 5.74) is 0. The molecule has 0 spiro atoms. The Balaban J connectivity index is 1.79. The lowest BCUT2D eigenvalue weighted by molar-refractivity contribution is -0.141. The number of hydrogen-bond acceptors (Lipinski definition) is 4.